The largest absolute Gasteiger partial charge is 0.306 e. The van der Waals surface area contributed by atoms with Crippen molar-refractivity contribution in [3.8, 4) is 0 Å². The fourth-order valence-corrected chi connectivity index (χ4v) is 2.38. The second-order valence-corrected chi connectivity index (χ2v) is 5.48. The third-order valence-corrected chi connectivity index (χ3v) is 3.39. The van der Waals surface area contributed by atoms with E-state index in [1.165, 1.54) is 15.6 Å². The molecule has 0 aromatic heterocycles. The van der Waals surface area contributed by atoms with Crippen molar-refractivity contribution < 1.29 is 0 Å². The van der Waals surface area contributed by atoms with Gasteiger partial charge in [-0.1, -0.05) is 33.2 Å². The zero-order valence-corrected chi connectivity index (χ0v) is 11.2. The summed E-state index contributed by atoms with van der Waals surface area (Å²) in [6.45, 7) is 12.1. The lowest BCUT2D eigenvalue weighted by atomic mass is 9.97. The van der Waals surface area contributed by atoms with Crippen LogP contribution in [-0.4, -0.2) is 12.1 Å². The van der Waals surface area contributed by atoms with E-state index in [9.17, 15) is 0 Å². The molecule has 0 saturated carbocycles. The maximum absolute atomic E-state index is 3.96. The molecule has 15 heavy (non-hydrogen) atoms. The molecule has 0 fully saturated rings. The molecule has 0 saturated heterocycles. The lowest BCUT2D eigenvalue weighted by Crippen LogP contribution is -2.41. The van der Waals surface area contributed by atoms with Gasteiger partial charge in [-0.05, 0) is 33.1 Å². The van der Waals surface area contributed by atoms with Crippen molar-refractivity contribution >= 4 is 15.9 Å². The quantitative estimate of drug-likeness (QED) is 0.763. The summed E-state index contributed by atoms with van der Waals surface area (Å²) in [6.07, 6.45) is 5.42. The lowest BCUT2D eigenvalue weighted by Gasteiger charge is -2.30. The van der Waals surface area contributed by atoms with Gasteiger partial charge in [-0.3, -0.25) is 0 Å². The first-order valence-corrected chi connectivity index (χ1v) is 6.18. The number of hydrogen-bond donors (Lipinski definition) is 1. The van der Waals surface area contributed by atoms with Crippen molar-refractivity contribution in [2.24, 2.45) is 0 Å². The third kappa shape index (κ3) is 4.35. The van der Waals surface area contributed by atoms with Crippen LogP contribution in [0.3, 0.4) is 0 Å². The SMILES string of the molecule is C=C(C)C[C@@H]1CC=C(Br)[C@H](CC(=C)C)N1. The Morgan fingerprint density at radius 3 is 2.53 bits per heavy atom. The molecule has 0 radical (unpaired) electrons. The van der Waals surface area contributed by atoms with Crippen molar-refractivity contribution in [1.82, 2.24) is 5.32 Å². The van der Waals surface area contributed by atoms with E-state index in [0.717, 1.165) is 19.3 Å². The Balaban J connectivity index is 2.57. The summed E-state index contributed by atoms with van der Waals surface area (Å²) in [4.78, 5) is 0. The van der Waals surface area contributed by atoms with Gasteiger partial charge in [0, 0.05) is 16.6 Å². The van der Waals surface area contributed by atoms with E-state index in [1.807, 2.05) is 0 Å². The molecular weight excluding hydrogens is 250 g/mol. The van der Waals surface area contributed by atoms with Crippen LogP contribution < -0.4 is 5.32 Å². The third-order valence-electron chi connectivity index (χ3n) is 2.51. The Kier molecular flexibility index (Phi) is 4.81. The zero-order chi connectivity index (χ0) is 11.4. The number of halogens is 1. The van der Waals surface area contributed by atoms with Gasteiger partial charge in [-0.25, -0.2) is 0 Å². The van der Waals surface area contributed by atoms with E-state index in [0.29, 0.717) is 12.1 Å². The van der Waals surface area contributed by atoms with Crippen LogP contribution >= 0.6 is 15.9 Å². The van der Waals surface area contributed by atoms with Gasteiger partial charge < -0.3 is 5.32 Å². The van der Waals surface area contributed by atoms with Gasteiger partial charge >= 0.3 is 0 Å². The summed E-state index contributed by atoms with van der Waals surface area (Å²) in [6, 6.07) is 0.939. The second-order valence-electron chi connectivity index (χ2n) is 4.56. The molecule has 1 N–H and O–H groups in total. The molecule has 0 spiro atoms. The summed E-state index contributed by atoms with van der Waals surface area (Å²) in [5, 5.41) is 3.63. The van der Waals surface area contributed by atoms with Gasteiger partial charge in [-0.15, -0.1) is 13.2 Å². The van der Waals surface area contributed by atoms with Crippen LogP contribution in [0.1, 0.15) is 33.1 Å². The van der Waals surface area contributed by atoms with E-state index in [2.05, 4.69) is 54.3 Å². The van der Waals surface area contributed by atoms with E-state index in [-0.39, 0.29) is 0 Å². The van der Waals surface area contributed by atoms with E-state index < -0.39 is 0 Å². The fourth-order valence-electron chi connectivity index (χ4n) is 1.90. The molecule has 0 aliphatic carbocycles. The maximum atomic E-state index is 3.96. The molecule has 1 aliphatic heterocycles. The predicted molar refractivity (Wildman–Crippen MR) is 71.2 cm³/mol. The summed E-state index contributed by atoms with van der Waals surface area (Å²) in [5.74, 6) is 0. The fraction of sp³-hybridized carbons (Fsp3) is 0.538. The summed E-state index contributed by atoms with van der Waals surface area (Å²) in [7, 11) is 0. The first kappa shape index (κ1) is 12.7. The van der Waals surface area contributed by atoms with E-state index >= 15 is 0 Å². The Labute approximate surface area is 101 Å². The minimum absolute atomic E-state index is 0.403. The van der Waals surface area contributed by atoms with Crippen molar-refractivity contribution in [3.05, 3.63) is 34.9 Å². The van der Waals surface area contributed by atoms with Gasteiger partial charge in [0.05, 0.1) is 0 Å². The molecule has 1 heterocycles. The Hall–Kier alpha value is -0.340. The number of hydrogen-bond acceptors (Lipinski definition) is 1. The first-order chi connectivity index (χ1) is 6.99. The van der Waals surface area contributed by atoms with Gasteiger partial charge in [0.25, 0.3) is 0 Å². The normalized spacial score (nSPS) is 25.9. The topological polar surface area (TPSA) is 12.0 Å². The molecule has 1 rings (SSSR count). The van der Waals surface area contributed by atoms with Crippen molar-refractivity contribution in [3.63, 3.8) is 0 Å². The van der Waals surface area contributed by atoms with Crippen LogP contribution in [0.25, 0.3) is 0 Å². The molecule has 2 atom stereocenters. The standard InChI is InChI=1S/C13H20BrN/c1-9(2)7-11-5-6-12(14)13(15-11)8-10(3)4/h6,11,13,15H,1,3,5,7-8H2,2,4H3/t11-,13-/m0/s1. The molecule has 0 amide bonds. The smallest absolute Gasteiger partial charge is 0.0422 e. The first-order valence-electron chi connectivity index (χ1n) is 5.39. The van der Waals surface area contributed by atoms with Crippen LogP contribution in [0, 0.1) is 0 Å². The molecule has 1 aliphatic rings. The second kappa shape index (κ2) is 5.66. The average molecular weight is 270 g/mol. The highest BCUT2D eigenvalue weighted by atomic mass is 79.9. The van der Waals surface area contributed by atoms with E-state index in [1.54, 1.807) is 0 Å². The van der Waals surface area contributed by atoms with E-state index in [4.69, 9.17) is 0 Å². The number of nitrogens with one attached hydrogen (secondary N) is 1. The molecule has 2 heteroatoms. The summed E-state index contributed by atoms with van der Waals surface area (Å²) >= 11 is 3.61. The minimum atomic E-state index is 0.403. The highest BCUT2D eigenvalue weighted by molar-refractivity contribution is 9.11. The Morgan fingerprint density at radius 2 is 2.00 bits per heavy atom. The molecule has 1 nitrogen and oxygen atoms in total. The molecule has 0 aromatic carbocycles. The van der Waals surface area contributed by atoms with Gasteiger partial charge in [0.15, 0.2) is 0 Å². The summed E-state index contributed by atoms with van der Waals surface area (Å²) in [5.41, 5.74) is 2.46. The molecular formula is C13H20BrN. The maximum Gasteiger partial charge on any atom is 0.0422 e. The Bertz CT molecular complexity index is 291. The molecule has 0 aromatic rings. The number of rotatable bonds is 4. The van der Waals surface area contributed by atoms with Crippen LogP contribution in [0.2, 0.25) is 0 Å². The monoisotopic (exact) mass is 269 g/mol. The molecule has 0 bridgehead atoms. The van der Waals surface area contributed by atoms with Gasteiger partial charge in [0.1, 0.15) is 0 Å². The highest BCUT2D eigenvalue weighted by Crippen LogP contribution is 2.25. The van der Waals surface area contributed by atoms with Gasteiger partial charge in [0.2, 0.25) is 0 Å². The van der Waals surface area contributed by atoms with Crippen molar-refractivity contribution in [2.45, 2.75) is 45.2 Å². The molecule has 84 valence electrons. The van der Waals surface area contributed by atoms with Crippen LogP contribution in [-0.2, 0) is 0 Å². The minimum Gasteiger partial charge on any atom is -0.306 e. The van der Waals surface area contributed by atoms with Gasteiger partial charge in [-0.2, -0.15) is 0 Å². The van der Waals surface area contributed by atoms with Crippen LogP contribution in [0.5, 0.6) is 0 Å². The summed E-state index contributed by atoms with van der Waals surface area (Å²) < 4.78 is 1.27. The van der Waals surface area contributed by atoms with Crippen LogP contribution in [0.15, 0.2) is 34.9 Å². The molecule has 0 unspecified atom stereocenters. The predicted octanol–water partition coefficient (Wildman–Crippen LogP) is 3.93. The Morgan fingerprint density at radius 1 is 1.40 bits per heavy atom. The lowest BCUT2D eigenvalue weighted by molar-refractivity contribution is 0.442. The average Bonchev–Trinajstić information content (AvgIpc) is 2.09. The zero-order valence-electron chi connectivity index (χ0n) is 9.65. The highest BCUT2D eigenvalue weighted by Gasteiger charge is 2.21. The van der Waals surface area contributed by atoms with Crippen LogP contribution in [0.4, 0.5) is 0 Å². The van der Waals surface area contributed by atoms with Crippen molar-refractivity contribution in [1.29, 1.82) is 0 Å². The van der Waals surface area contributed by atoms with Crippen molar-refractivity contribution in [2.75, 3.05) is 0 Å².